The van der Waals surface area contributed by atoms with E-state index in [-0.39, 0.29) is 5.02 Å². The minimum absolute atomic E-state index is 0.108. The van der Waals surface area contributed by atoms with Crippen LogP contribution in [0, 0.1) is 5.82 Å². The molecule has 0 aliphatic heterocycles. The molecule has 1 nitrogen and oxygen atoms in total. The van der Waals surface area contributed by atoms with Crippen LogP contribution in [0.4, 0.5) is 4.39 Å². The van der Waals surface area contributed by atoms with Gasteiger partial charge < -0.3 is 0 Å². The first-order chi connectivity index (χ1) is 6.70. The van der Waals surface area contributed by atoms with Gasteiger partial charge in [-0.15, -0.1) is 0 Å². The topological polar surface area (TPSA) is 12.9 Å². The summed E-state index contributed by atoms with van der Waals surface area (Å²) in [5.41, 5.74) is 1.62. The Labute approximate surface area is 94.0 Å². The molecule has 14 heavy (non-hydrogen) atoms. The number of rotatable bonds is 1. The van der Waals surface area contributed by atoms with E-state index in [2.05, 4.69) is 20.9 Å². The monoisotopic (exact) mass is 273 g/mol. The van der Waals surface area contributed by atoms with E-state index >= 15 is 0 Å². The van der Waals surface area contributed by atoms with Crippen molar-refractivity contribution in [2.75, 3.05) is 0 Å². The smallest absolute Gasteiger partial charge is 0.142 e. The minimum Gasteiger partial charge on any atom is -0.252 e. The number of halogens is 3. The zero-order chi connectivity index (χ0) is 10.1. The molecule has 0 N–H and O–H groups in total. The van der Waals surface area contributed by atoms with Crippen LogP contribution in [0.25, 0.3) is 10.9 Å². The van der Waals surface area contributed by atoms with E-state index in [9.17, 15) is 4.39 Å². The first-order valence-corrected chi connectivity index (χ1v) is 5.51. The van der Waals surface area contributed by atoms with E-state index in [1.807, 2.05) is 12.1 Å². The summed E-state index contributed by atoms with van der Waals surface area (Å²) in [6.07, 6.45) is 0. The summed E-state index contributed by atoms with van der Waals surface area (Å²) in [7, 11) is 0. The van der Waals surface area contributed by atoms with Crippen LogP contribution < -0.4 is 0 Å². The first kappa shape index (κ1) is 9.87. The molecule has 2 rings (SSSR count). The molecule has 1 heterocycles. The molecule has 0 saturated heterocycles. The maximum Gasteiger partial charge on any atom is 0.142 e. The van der Waals surface area contributed by atoms with Crippen LogP contribution in [0.15, 0.2) is 24.3 Å². The summed E-state index contributed by atoms with van der Waals surface area (Å²) in [5.74, 6) is -0.410. The third-order valence-corrected chi connectivity index (χ3v) is 2.79. The first-order valence-electron chi connectivity index (χ1n) is 4.01. The number of benzene rings is 1. The van der Waals surface area contributed by atoms with Crippen molar-refractivity contribution in [1.82, 2.24) is 4.98 Å². The fourth-order valence-electron chi connectivity index (χ4n) is 1.23. The Hall–Kier alpha value is -0.670. The van der Waals surface area contributed by atoms with Gasteiger partial charge in [0.2, 0.25) is 0 Å². The lowest BCUT2D eigenvalue weighted by Crippen LogP contribution is -1.87. The van der Waals surface area contributed by atoms with E-state index in [4.69, 9.17) is 11.6 Å². The lowest BCUT2D eigenvalue weighted by atomic mass is 10.2. The third-order valence-electron chi connectivity index (χ3n) is 1.93. The molecule has 0 atom stereocenters. The molecule has 0 radical (unpaired) electrons. The highest BCUT2D eigenvalue weighted by Crippen LogP contribution is 2.22. The molecule has 72 valence electrons. The van der Waals surface area contributed by atoms with Gasteiger partial charge in [-0.3, -0.25) is 4.98 Å². The van der Waals surface area contributed by atoms with Gasteiger partial charge >= 0.3 is 0 Å². The average molecular weight is 275 g/mol. The van der Waals surface area contributed by atoms with Crippen LogP contribution in [0.3, 0.4) is 0 Å². The second kappa shape index (κ2) is 3.83. The highest BCUT2D eigenvalue weighted by atomic mass is 79.9. The van der Waals surface area contributed by atoms with Crippen molar-refractivity contribution in [2.24, 2.45) is 0 Å². The van der Waals surface area contributed by atoms with E-state index in [1.54, 1.807) is 6.07 Å². The van der Waals surface area contributed by atoms with E-state index in [1.165, 1.54) is 6.07 Å². The molecular weight excluding hydrogens is 268 g/mol. The summed E-state index contributed by atoms with van der Waals surface area (Å²) in [4.78, 5) is 4.30. The van der Waals surface area contributed by atoms with E-state index < -0.39 is 5.82 Å². The molecule has 0 aliphatic rings. The number of fused-ring (bicyclic) bond motifs is 1. The number of nitrogens with zero attached hydrogens (tertiary/aromatic N) is 1. The molecule has 2 aromatic rings. The Kier molecular flexibility index (Phi) is 2.70. The van der Waals surface area contributed by atoms with Gasteiger partial charge in [0.05, 0.1) is 16.2 Å². The molecule has 0 saturated carbocycles. The Morgan fingerprint density at radius 3 is 2.86 bits per heavy atom. The Bertz CT molecular complexity index is 487. The van der Waals surface area contributed by atoms with Gasteiger partial charge in [-0.2, -0.15) is 0 Å². The maximum atomic E-state index is 13.1. The van der Waals surface area contributed by atoms with Crippen LogP contribution in [0.5, 0.6) is 0 Å². The Balaban J connectivity index is 2.70. The van der Waals surface area contributed by atoms with Crippen molar-refractivity contribution in [1.29, 1.82) is 0 Å². The van der Waals surface area contributed by atoms with E-state index in [0.717, 1.165) is 11.1 Å². The largest absolute Gasteiger partial charge is 0.252 e. The number of alkyl halides is 1. The number of aromatic nitrogens is 1. The van der Waals surface area contributed by atoms with Crippen molar-refractivity contribution in [2.45, 2.75) is 5.33 Å². The van der Waals surface area contributed by atoms with Gasteiger partial charge in [0.1, 0.15) is 5.82 Å². The van der Waals surface area contributed by atoms with Gasteiger partial charge in [0.25, 0.3) is 0 Å². The van der Waals surface area contributed by atoms with Crippen LogP contribution in [0.1, 0.15) is 5.69 Å². The second-order valence-electron chi connectivity index (χ2n) is 2.90. The molecule has 0 unspecified atom stereocenters. The van der Waals surface area contributed by atoms with Crippen LogP contribution in [-0.4, -0.2) is 4.98 Å². The number of hydrogen-bond acceptors (Lipinski definition) is 1. The maximum absolute atomic E-state index is 13.1. The van der Waals surface area contributed by atoms with Crippen LogP contribution in [0.2, 0.25) is 5.02 Å². The highest BCUT2D eigenvalue weighted by molar-refractivity contribution is 9.08. The number of pyridine rings is 1. The zero-order valence-electron chi connectivity index (χ0n) is 7.10. The zero-order valence-corrected chi connectivity index (χ0v) is 9.44. The van der Waals surface area contributed by atoms with Gasteiger partial charge in [0, 0.05) is 10.7 Å². The quantitative estimate of drug-likeness (QED) is 0.718. The molecular formula is C10H6BrClFN. The summed E-state index contributed by atoms with van der Waals surface area (Å²) in [6.45, 7) is 0. The fourth-order valence-corrected chi connectivity index (χ4v) is 1.70. The van der Waals surface area contributed by atoms with Crippen molar-refractivity contribution in [3.63, 3.8) is 0 Å². The van der Waals surface area contributed by atoms with Gasteiger partial charge in [-0.25, -0.2) is 4.39 Å². The summed E-state index contributed by atoms with van der Waals surface area (Å²) in [5, 5.41) is 1.55. The van der Waals surface area contributed by atoms with Crippen molar-refractivity contribution < 1.29 is 4.39 Å². The van der Waals surface area contributed by atoms with Gasteiger partial charge in [0.15, 0.2) is 0 Å². The van der Waals surface area contributed by atoms with Gasteiger partial charge in [-0.05, 0) is 18.2 Å². The molecule has 4 heteroatoms. The summed E-state index contributed by atoms with van der Waals surface area (Å²) >= 11 is 8.96. The van der Waals surface area contributed by atoms with Crippen molar-refractivity contribution >= 4 is 38.4 Å². The van der Waals surface area contributed by atoms with Crippen molar-refractivity contribution in [3.05, 3.63) is 40.8 Å². The summed E-state index contributed by atoms with van der Waals surface area (Å²) in [6, 6.07) is 6.61. The molecule has 0 aliphatic carbocycles. The molecule has 1 aromatic carbocycles. The predicted molar refractivity (Wildman–Crippen MR) is 59.3 cm³/mol. The Morgan fingerprint density at radius 1 is 1.36 bits per heavy atom. The molecule has 0 spiro atoms. The lowest BCUT2D eigenvalue weighted by molar-refractivity contribution is 0.630. The minimum atomic E-state index is -0.410. The average Bonchev–Trinajstić information content (AvgIpc) is 2.19. The standard InChI is InChI=1S/C10H6BrClFN/c11-5-7-2-1-6-3-9(13)8(12)4-10(6)14-7/h1-4H,5H2. The highest BCUT2D eigenvalue weighted by Gasteiger charge is 2.03. The van der Waals surface area contributed by atoms with Crippen LogP contribution in [-0.2, 0) is 5.33 Å². The van der Waals surface area contributed by atoms with Crippen LogP contribution >= 0.6 is 27.5 Å². The second-order valence-corrected chi connectivity index (χ2v) is 3.86. The lowest BCUT2D eigenvalue weighted by Gasteiger charge is -2.01. The van der Waals surface area contributed by atoms with E-state index in [0.29, 0.717) is 10.8 Å². The normalized spacial score (nSPS) is 10.8. The molecule has 1 aromatic heterocycles. The molecule has 0 fully saturated rings. The number of hydrogen-bond donors (Lipinski definition) is 0. The summed E-state index contributed by atoms with van der Waals surface area (Å²) < 4.78 is 13.1. The molecule has 0 bridgehead atoms. The van der Waals surface area contributed by atoms with Crippen molar-refractivity contribution in [3.8, 4) is 0 Å². The SMILES string of the molecule is Fc1cc2ccc(CBr)nc2cc1Cl. The Morgan fingerprint density at radius 2 is 2.14 bits per heavy atom. The molecule has 0 amide bonds. The fraction of sp³-hybridized carbons (Fsp3) is 0.100. The third kappa shape index (κ3) is 1.74. The van der Waals surface area contributed by atoms with Gasteiger partial charge in [-0.1, -0.05) is 33.6 Å². The predicted octanol–water partition coefficient (Wildman–Crippen LogP) is 3.92.